The fraction of sp³-hybridized carbons (Fsp3) is 0.500. The molecule has 2 atom stereocenters. The second kappa shape index (κ2) is 7.40. The summed E-state index contributed by atoms with van der Waals surface area (Å²) in [5.74, 6) is 0.752. The summed E-state index contributed by atoms with van der Waals surface area (Å²) in [4.78, 5) is 4.39. The van der Waals surface area contributed by atoms with Gasteiger partial charge in [-0.2, -0.15) is 13.2 Å². The van der Waals surface area contributed by atoms with Crippen molar-refractivity contribution in [3.63, 3.8) is 0 Å². The first-order valence-corrected chi connectivity index (χ1v) is 9.79. The molecule has 2 heterocycles. The molecule has 0 spiro atoms. The third kappa shape index (κ3) is 4.17. The first-order valence-electron chi connectivity index (χ1n) is 8.64. The number of imidazole rings is 1. The maximum atomic E-state index is 13.0. The average Bonchev–Trinajstić information content (AvgIpc) is 2.94. The van der Waals surface area contributed by atoms with E-state index in [1.54, 1.807) is 11.6 Å². The van der Waals surface area contributed by atoms with Crippen molar-refractivity contribution < 1.29 is 26.9 Å². The largest absolute Gasteiger partial charge is 0.494 e. The third-order valence-corrected chi connectivity index (χ3v) is 5.80. The van der Waals surface area contributed by atoms with Crippen molar-refractivity contribution in [2.75, 3.05) is 13.2 Å². The number of fused-ring (bicyclic) bond motifs is 1. The highest BCUT2D eigenvalue weighted by molar-refractivity contribution is 7.84. The van der Waals surface area contributed by atoms with Crippen LogP contribution in [0, 0.1) is 0 Å². The maximum absolute atomic E-state index is 13.0. The molecule has 1 aromatic carbocycles. The molecule has 6 nitrogen and oxygen atoms in total. The number of rotatable bonds is 4. The Hall–Kier alpha value is -2.07. The highest BCUT2D eigenvalue weighted by atomic mass is 32.2. The van der Waals surface area contributed by atoms with E-state index < -0.39 is 33.5 Å². The molecule has 0 fully saturated rings. The van der Waals surface area contributed by atoms with Crippen LogP contribution in [0.15, 0.2) is 30.2 Å². The molecule has 0 unspecified atom stereocenters. The van der Waals surface area contributed by atoms with Crippen LogP contribution in [0.2, 0.25) is 0 Å². The van der Waals surface area contributed by atoms with E-state index in [0.29, 0.717) is 30.3 Å². The zero-order chi connectivity index (χ0) is 20.7. The number of aryl methyl sites for hydroxylation is 1. The first kappa shape index (κ1) is 20.7. The number of benzene rings is 1. The molecule has 0 aliphatic carbocycles. The summed E-state index contributed by atoms with van der Waals surface area (Å²) in [6.45, 7) is 6.13. The van der Waals surface area contributed by atoms with Gasteiger partial charge < -0.3 is 14.0 Å². The molecule has 3 rings (SSSR count). The smallest absolute Gasteiger partial charge is 0.416 e. The Morgan fingerprint density at radius 3 is 2.54 bits per heavy atom. The maximum Gasteiger partial charge on any atom is 0.416 e. The number of nitrogens with zero attached hydrogens (tertiary/aromatic N) is 2. The number of hydrogen-bond donors (Lipinski definition) is 1. The van der Waals surface area contributed by atoms with Gasteiger partial charge in [-0.15, -0.1) is 0 Å². The van der Waals surface area contributed by atoms with Gasteiger partial charge in [0.15, 0.2) is 5.76 Å². The normalized spacial score (nSPS) is 17.6. The van der Waals surface area contributed by atoms with Crippen molar-refractivity contribution in [2.45, 2.75) is 37.7 Å². The lowest BCUT2D eigenvalue weighted by Gasteiger charge is -2.27. The van der Waals surface area contributed by atoms with Crippen molar-refractivity contribution in [3.05, 3.63) is 41.6 Å². The van der Waals surface area contributed by atoms with Crippen LogP contribution in [-0.2, 0) is 33.7 Å². The van der Waals surface area contributed by atoms with E-state index in [0.717, 1.165) is 12.1 Å². The van der Waals surface area contributed by atoms with E-state index in [4.69, 9.17) is 9.47 Å². The predicted octanol–water partition coefficient (Wildman–Crippen LogP) is 3.57. The predicted molar refractivity (Wildman–Crippen MR) is 99.5 cm³/mol. The van der Waals surface area contributed by atoms with Gasteiger partial charge in [-0.05, 0) is 39.0 Å². The Morgan fingerprint density at radius 2 is 1.96 bits per heavy atom. The molecule has 10 heteroatoms. The van der Waals surface area contributed by atoms with Crippen molar-refractivity contribution in [3.8, 4) is 0 Å². The van der Waals surface area contributed by atoms with Crippen LogP contribution >= 0.6 is 0 Å². The van der Waals surface area contributed by atoms with Gasteiger partial charge in [-0.3, -0.25) is 0 Å². The molecule has 1 aromatic heterocycles. The topological polar surface area (TPSA) is 65.4 Å². The van der Waals surface area contributed by atoms with Crippen LogP contribution in [0.25, 0.3) is 11.0 Å². The van der Waals surface area contributed by atoms with Crippen molar-refractivity contribution >= 4 is 22.0 Å². The molecule has 0 bridgehead atoms. The summed E-state index contributed by atoms with van der Waals surface area (Å²) in [7, 11) is 0.214. The van der Waals surface area contributed by atoms with Gasteiger partial charge in [-0.1, -0.05) is 0 Å². The summed E-state index contributed by atoms with van der Waals surface area (Å²) in [6.07, 6.45) is -3.04. The molecule has 1 aliphatic heterocycles. The Morgan fingerprint density at radius 1 is 1.25 bits per heavy atom. The Labute approximate surface area is 163 Å². The molecule has 0 saturated heterocycles. The first-order chi connectivity index (χ1) is 13.0. The van der Waals surface area contributed by atoms with Crippen LogP contribution in [-0.4, -0.2) is 31.7 Å². The van der Waals surface area contributed by atoms with E-state index in [9.17, 15) is 17.4 Å². The van der Waals surface area contributed by atoms with E-state index in [2.05, 4.69) is 9.71 Å². The van der Waals surface area contributed by atoms with E-state index in [-0.39, 0.29) is 5.52 Å². The molecule has 0 radical (unpaired) electrons. The quantitative estimate of drug-likeness (QED) is 0.826. The SMILES string of the molecule is Cn1c([C@@H](N[S@@](=O)C(C)(C)C)C2=COCCO2)nc2cc(C(F)(F)F)ccc21. The van der Waals surface area contributed by atoms with E-state index in [1.807, 2.05) is 20.8 Å². The minimum absolute atomic E-state index is 0.193. The fourth-order valence-electron chi connectivity index (χ4n) is 2.71. The van der Waals surface area contributed by atoms with Crippen LogP contribution in [0.1, 0.15) is 38.2 Å². The summed E-state index contributed by atoms with van der Waals surface area (Å²) >= 11 is 0. The van der Waals surface area contributed by atoms with Crippen LogP contribution in [0.5, 0.6) is 0 Å². The van der Waals surface area contributed by atoms with Gasteiger partial charge in [0, 0.05) is 7.05 Å². The Kier molecular flexibility index (Phi) is 5.46. The van der Waals surface area contributed by atoms with Gasteiger partial charge in [0.2, 0.25) is 0 Å². The zero-order valence-electron chi connectivity index (χ0n) is 16.0. The number of ether oxygens (including phenoxy) is 2. The monoisotopic (exact) mass is 417 g/mol. The molecule has 28 heavy (non-hydrogen) atoms. The lowest BCUT2D eigenvalue weighted by atomic mass is 10.2. The molecule has 1 N–H and O–H groups in total. The van der Waals surface area contributed by atoms with Gasteiger partial charge >= 0.3 is 6.18 Å². The standard InChI is InChI=1S/C18H22F3N3O3S/c1-17(2,3)28(25)23-15(14-10-26-7-8-27-14)16-22-12-9-11(18(19,20)21)5-6-13(12)24(16)4/h5-6,9-10,15,23H,7-8H2,1-4H3/t15-,28-/m0/s1. The molecule has 0 amide bonds. The lowest BCUT2D eigenvalue weighted by Crippen LogP contribution is -2.38. The van der Waals surface area contributed by atoms with E-state index in [1.165, 1.54) is 12.3 Å². The zero-order valence-corrected chi connectivity index (χ0v) is 16.8. The highest BCUT2D eigenvalue weighted by Gasteiger charge is 2.33. The number of hydrogen-bond acceptors (Lipinski definition) is 4. The number of nitrogens with one attached hydrogen (secondary N) is 1. The third-order valence-electron chi connectivity index (χ3n) is 4.24. The Bertz CT molecular complexity index is 932. The van der Waals surface area contributed by atoms with Crippen LogP contribution in [0.4, 0.5) is 13.2 Å². The molecule has 0 saturated carbocycles. The van der Waals surface area contributed by atoms with Crippen molar-refractivity contribution in [1.29, 1.82) is 0 Å². The van der Waals surface area contributed by atoms with Gasteiger partial charge in [-0.25, -0.2) is 13.9 Å². The van der Waals surface area contributed by atoms with Gasteiger partial charge in [0.25, 0.3) is 0 Å². The fourth-order valence-corrected chi connectivity index (χ4v) is 3.50. The van der Waals surface area contributed by atoms with E-state index >= 15 is 0 Å². The average molecular weight is 417 g/mol. The second-order valence-corrected chi connectivity index (χ2v) is 9.40. The molecular weight excluding hydrogens is 395 g/mol. The minimum Gasteiger partial charge on any atom is -0.494 e. The summed E-state index contributed by atoms with van der Waals surface area (Å²) in [6, 6.07) is 2.65. The summed E-state index contributed by atoms with van der Waals surface area (Å²) in [5.41, 5.74) is -0.0597. The molecular formula is C18H22F3N3O3S. The molecule has 1 aliphatic rings. The summed E-state index contributed by atoms with van der Waals surface area (Å²) in [5, 5.41) is 0. The minimum atomic E-state index is -4.46. The van der Waals surface area contributed by atoms with Crippen LogP contribution in [0.3, 0.4) is 0 Å². The Balaban J connectivity index is 2.08. The number of aromatic nitrogens is 2. The molecule has 154 valence electrons. The van der Waals surface area contributed by atoms with Crippen molar-refractivity contribution in [1.82, 2.24) is 14.3 Å². The highest BCUT2D eigenvalue weighted by Crippen LogP contribution is 2.33. The van der Waals surface area contributed by atoms with Gasteiger partial charge in [0.05, 0.1) is 32.3 Å². The second-order valence-electron chi connectivity index (χ2n) is 7.40. The number of alkyl halides is 3. The summed E-state index contributed by atoms with van der Waals surface area (Å²) < 4.78 is 66.9. The van der Waals surface area contributed by atoms with Crippen molar-refractivity contribution in [2.24, 2.45) is 7.05 Å². The molecule has 2 aromatic rings. The lowest BCUT2D eigenvalue weighted by molar-refractivity contribution is -0.137. The number of halogens is 3. The van der Waals surface area contributed by atoms with Gasteiger partial charge in [0.1, 0.15) is 31.3 Å². The van der Waals surface area contributed by atoms with Crippen LogP contribution < -0.4 is 4.72 Å².